The van der Waals surface area contributed by atoms with E-state index in [1.54, 1.807) is 30.5 Å². The van der Waals surface area contributed by atoms with Crippen LogP contribution < -0.4 is 9.64 Å². The lowest BCUT2D eigenvalue weighted by atomic mass is 10.1. The third-order valence-electron chi connectivity index (χ3n) is 4.05. The number of aromatic amines is 1. The number of H-pyrrole nitrogens is 1. The number of anilines is 1. The maximum atomic E-state index is 12.8. The van der Waals surface area contributed by atoms with Gasteiger partial charge in [-0.15, -0.1) is 0 Å². The quantitative estimate of drug-likeness (QED) is 0.550. The molecule has 1 N–H and O–H groups in total. The first-order chi connectivity index (χ1) is 12.2. The van der Waals surface area contributed by atoms with E-state index in [-0.39, 0.29) is 0 Å². The summed E-state index contributed by atoms with van der Waals surface area (Å²) < 4.78 is 5.41. The Hall–Kier alpha value is -3.08. The van der Waals surface area contributed by atoms with E-state index in [0.29, 0.717) is 24.4 Å². The van der Waals surface area contributed by atoms with Gasteiger partial charge in [-0.3, -0.25) is 9.59 Å². The van der Waals surface area contributed by atoms with Gasteiger partial charge in [0.1, 0.15) is 5.75 Å². The molecule has 0 unspecified atom stereocenters. The molecule has 3 rings (SSSR count). The highest BCUT2D eigenvalue weighted by Gasteiger charge is 2.25. The highest BCUT2D eigenvalue weighted by atomic mass is 16.5. The van der Waals surface area contributed by atoms with Crippen LogP contribution >= 0.6 is 0 Å². The van der Waals surface area contributed by atoms with E-state index in [4.69, 9.17) is 4.74 Å². The zero-order chi connectivity index (χ0) is 17.8. The van der Waals surface area contributed by atoms with Gasteiger partial charge in [0.2, 0.25) is 0 Å². The third-order valence-corrected chi connectivity index (χ3v) is 4.05. The molecule has 0 atom stereocenters. The molecule has 5 nitrogen and oxygen atoms in total. The molecule has 0 saturated heterocycles. The molecule has 3 aromatic rings. The van der Waals surface area contributed by atoms with Crippen LogP contribution in [0.15, 0.2) is 54.7 Å². The number of aromatic nitrogens is 1. The SMILES string of the molecule is CCOc1ccc(N(CC)C(=O)C(=O)c2c[nH]c3ccccc23)cc1. The van der Waals surface area contributed by atoms with Gasteiger partial charge in [0.25, 0.3) is 11.7 Å². The Bertz CT molecular complexity index is 897. The zero-order valence-corrected chi connectivity index (χ0v) is 14.3. The number of rotatable bonds is 6. The van der Waals surface area contributed by atoms with Crippen molar-refractivity contribution in [1.82, 2.24) is 4.98 Å². The molecular weight excluding hydrogens is 316 g/mol. The monoisotopic (exact) mass is 336 g/mol. The van der Waals surface area contributed by atoms with Crippen LogP contribution in [0.2, 0.25) is 0 Å². The number of ketones is 1. The predicted octanol–water partition coefficient (Wildman–Crippen LogP) is 3.80. The van der Waals surface area contributed by atoms with Crippen molar-refractivity contribution in [1.29, 1.82) is 0 Å². The minimum atomic E-state index is -0.545. The molecule has 0 radical (unpaired) electrons. The van der Waals surface area contributed by atoms with Crippen LogP contribution in [0, 0.1) is 0 Å². The van der Waals surface area contributed by atoms with Gasteiger partial charge in [-0.1, -0.05) is 18.2 Å². The Morgan fingerprint density at radius 1 is 1.04 bits per heavy atom. The average Bonchev–Trinajstić information content (AvgIpc) is 3.07. The summed E-state index contributed by atoms with van der Waals surface area (Å²) in [7, 11) is 0. The number of likely N-dealkylation sites (N-methyl/N-ethyl adjacent to an activating group) is 1. The molecule has 0 aliphatic carbocycles. The van der Waals surface area contributed by atoms with E-state index in [2.05, 4.69) is 4.98 Å². The molecule has 0 aliphatic rings. The molecule has 5 heteroatoms. The average molecular weight is 336 g/mol. The van der Waals surface area contributed by atoms with Gasteiger partial charge in [0.15, 0.2) is 0 Å². The molecule has 0 aliphatic heterocycles. The Kier molecular flexibility index (Phi) is 4.84. The van der Waals surface area contributed by atoms with Crippen LogP contribution in [0.25, 0.3) is 10.9 Å². The summed E-state index contributed by atoms with van der Waals surface area (Å²) in [6.07, 6.45) is 1.59. The fourth-order valence-corrected chi connectivity index (χ4v) is 2.83. The molecule has 1 amide bonds. The van der Waals surface area contributed by atoms with Crippen LogP contribution in [0.5, 0.6) is 5.75 Å². The van der Waals surface area contributed by atoms with Gasteiger partial charge in [0, 0.05) is 29.3 Å². The minimum Gasteiger partial charge on any atom is -0.494 e. The number of nitrogens with zero attached hydrogens (tertiary/aromatic N) is 1. The maximum absolute atomic E-state index is 12.8. The fourth-order valence-electron chi connectivity index (χ4n) is 2.83. The van der Waals surface area contributed by atoms with E-state index >= 15 is 0 Å². The summed E-state index contributed by atoms with van der Waals surface area (Å²) >= 11 is 0. The van der Waals surface area contributed by atoms with Gasteiger partial charge in [0.05, 0.1) is 12.2 Å². The van der Waals surface area contributed by atoms with Gasteiger partial charge >= 0.3 is 0 Å². The molecule has 1 aromatic heterocycles. The lowest BCUT2D eigenvalue weighted by Gasteiger charge is -2.20. The molecule has 2 aromatic carbocycles. The van der Waals surface area contributed by atoms with Crippen molar-refractivity contribution in [3.8, 4) is 5.75 Å². The number of fused-ring (bicyclic) bond motifs is 1. The first-order valence-corrected chi connectivity index (χ1v) is 8.30. The van der Waals surface area contributed by atoms with Crippen molar-refractivity contribution in [2.24, 2.45) is 0 Å². The zero-order valence-electron chi connectivity index (χ0n) is 14.3. The number of carbonyl (C=O) groups excluding carboxylic acids is 2. The van der Waals surface area contributed by atoms with Crippen LogP contribution in [-0.2, 0) is 4.79 Å². The van der Waals surface area contributed by atoms with E-state index in [1.807, 2.05) is 38.1 Å². The van der Waals surface area contributed by atoms with Gasteiger partial charge in [-0.25, -0.2) is 0 Å². The molecule has 1 heterocycles. The number of carbonyl (C=O) groups is 2. The second kappa shape index (κ2) is 7.21. The van der Waals surface area contributed by atoms with Gasteiger partial charge < -0.3 is 14.6 Å². The predicted molar refractivity (Wildman–Crippen MR) is 98.3 cm³/mol. The van der Waals surface area contributed by atoms with Crippen LogP contribution in [0.4, 0.5) is 5.69 Å². The first kappa shape index (κ1) is 16.8. The number of nitrogens with one attached hydrogen (secondary N) is 1. The van der Waals surface area contributed by atoms with E-state index in [0.717, 1.165) is 16.7 Å². The number of Topliss-reactive ketones (excluding diaryl/α,β-unsaturated/α-hetero) is 1. The van der Waals surface area contributed by atoms with Crippen LogP contribution in [0.1, 0.15) is 24.2 Å². The van der Waals surface area contributed by atoms with E-state index in [9.17, 15) is 9.59 Å². The largest absolute Gasteiger partial charge is 0.494 e. The number of para-hydroxylation sites is 1. The number of hydrogen-bond acceptors (Lipinski definition) is 3. The summed E-state index contributed by atoms with van der Waals surface area (Å²) in [6.45, 7) is 4.74. The highest BCUT2D eigenvalue weighted by molar-refractivity contribution is 6.48. The van der Waals surface area contributed by atoms with Crippen LogP contribution in [0.3, 0.4) is 0 Å². The number of ether oxygens (including phenoxy) is 1. The third kappa shape index (κ3) is 3.26. The Labute approximate surface area is 146 Å². The molecule has 0 saturated carbocycles. The summed E-state index contributed by atoms with van der Waals surface area (Å²) in [4.78, 5) is 30.0. The van der Waals surface area contributed by atoms with Crippen molar-refractivity contribution in [3.05, 3.63) is 60.3 Å². The number of benzene rings is 2. The van der Waals surface area contributed by atoms with Crippen LogP contribution in [-0.4, -0.2) is 29.8 Å². The Morgan fingerprint density at radius 3 is 2.44 bits per heavy atom. The smallest absolute Gasteiger partial charge is 0.299 e. The molecular formula is C20H20N2O3. The van der Waals surface area contributed by atoms with E-state index < -0.39 is 11.7 Å². The standard InChI is InChI=1S/C20H20N2O3/c1-3-22(14-9-11-15(12-10-14)25-4-2)20(24)19(23)17-13-21-18-8-6-5-7-16(17)18/h5-13,21H,3-4H2,1-2H3. The summed E-state index contributed by atoms with van der Waals surface area (Å²) in [6, 6.07) is 14.6. The second-order valence-corrected chi connectivity index (χ2v) is 5.55. The second-order valence-electron chi connectivity index (χ2n) is 5.55. The normalized spacial score (nSPS) is 10.6. The summed E-state index contributed by atoms with van der Waals surface area (Å²) in [5.41, 5.74) is 1.90. The molecule has 0 fully saturated rings. The van der Waals surface area contributed by atoms with Crippen molar-refractivity contribution < 1.29 is 14.3 Å². The summed E-state index contributed by atoms with van der Waals surface area (Å²) in [5, 5.41) is 0.753. The van der Waals surface area contributed by atoms with Gasteiger partial charge in [-0.05, 0) is 44.2 Å². The molecule has 0 bridgehead atoms. The lowest BCUT2D eigenvalue weighted by Crippen LogP contribution is -2.36. The van der Waals surface area contributed by atoms with Gasteiger partial charge in [-0.2, -0.15) is 0 Å². The molecule has 128 valence electrons. The van der Waals surface area contributed by atoms with E-state index in [1.165, 1.54) is 4.90 Å². The highest BCUT2D eigenvalue weighted by Crippen LogP contribution is 2.23. The minimum absolute atomic E-state index is 0.394. The Morgan fingerprint density at radius 2 is 1.76 bits per heavy atom. The first-order valence-electron chi connectivity index (χ1n) is 8.30. The van der Waals surface area contributed by atoms with Crippen molar-refractivity contribution in [2.75, 3.05) is 18.1 Å². The molecule has 25 heavy (non-hydrogen) atoms. The van der Waals surface area contributed by atoms with Crippen molar-refractivity contribution >= 4 is 28.3 Å². The summed E-state index contributed by atoms with van der Waals surface area (Å²) in [5.74, 6) is -0.331. The van der Waals surface area contributed by atoms with Crippen molar-refractivity contribution in [2.45, 2.75) is 13.8 Å². The topological polar surface area (TPSA) is 62.4 Å². The van der Waals surface area contributed by atoms with Crippen molar-refractivity contribution in [3.63, 3.8) is 0 Å². The number of hydrogen-bond donors (Lipinski definition) is 1. The number of amides is 1. The Balaban J connectivity index is 1.87. The lowest BCUT2D eigenvalue weighted by molar-refractivity contribution is -0.114. The fraction of sp³-hybridized carbons (Fsp3) is 0.200. The maximum Gasteiger partial charge on any atom is 0.299 e. The molecule has 0 spiro atoms.